The predicted octanol–water partition coefficient (Wildman–Crippen LogP) is 3.09. The van der Waals surface area contributed by atoms with Crippen molar-refractivity contribution in [3.05, 3.63) is 42.2 Å². The Balaban J connectivity index is 1.76. The van der Waals surface area contributed by atoms with Crippen molar-refractivity contribution in [3.63, 3.8) is 0 Å². The minimum absolute atomic E-state index is 0.158. The lowest BCUT2D eigenvalue weighted by Gasteiger charge is -2.34. The van der Waals surface area contributed by atoms with Gasteiger partial charge in [-0.1, -0.05) is 5.21 Å². The van der Waals surface area contributed by atoms with Gasteiger partial charge in [0, 0.05) is 30.7 Å². The first-order valence-electron chi connectivity index (χ1n) is 9.88. The second kappa shape index (κ2) is 7.17. The van der Waals surface area contributed by atoms with Gasteiger partial charge in [-0.2, -0.15) is 4.39 Å². The molecule has 5 rings (SSSR count). The summed E-state index contributed by atoms with van der Waals surface area (Å²) in [5, 5.41) is 9.05. The van der Waals surface area contributed by atoms with Gasteiger partial charge >= 0.3 is 0 Å². The maximum absolute atomic E-state index is 14.9. The third-order valence-electron chi connectivity index (χ3n) is 5.56. The van der Waals surface area contributed by atoms with E-state index in [2.05, 4.69) is 32.1 Å². The maximum atomic E-state index is 14.9. The molecule has 4 aromatic heterocycles. The molecular formula is C21H22FN7O. The highest BCUT2D eigenvalue weighted by Gasteiger charge is 2.24. The van der Waals surface area contributed by atoms with Crippen LogP contribution in [0, 0.1) is 12.9 Å². The molecule has 0 bridgehead atoms. The van der Waals surface area contributed by atoms with Gasteiger partial charge in [-0.25, -0.2) is 14.6 Å². The third kappa shape index (κ3) is 3.02. The summed E-state index contributed by atoms with van der Waals surface area (Å²) in [6.45, 7) is 5.97. The number of rotatable bonds is 3. The molecule has 1 N–H and O–H groups in total. The molecule has 1 saturated heterocycles. The highest BCUT2D eigenvalue weighted by Crippen LogP contribution is 2.35. The summed E-state index contributed by atoms with van der Waals surface area (Å²) >= 11 is 0. The molecule has 1 fully saturated rings. The number of pyridine rings is 2. The fourth-order valence-electron chi connectivity index (χ4n) is 4.10. The molecule has 4 aromatic rings. The normalized spacial score (nSPS) is 17.1. The molecule has 1 aliphatic rings. The van der Waals surface area contributed by atoms with Gasteiger partial charge in [0.05, 0.1) is 53.6 Å². The van der Waals surface area contributed by atoms with Crippen molar-refractivity contribution in [1.29, 1.82) is 0 Å². The number of hydrogen-bond donors (Lipinski definition) is 1. The van der Waals surface area contributed by atoms with Crippen LogP contribution >= 0.6 is 0 Å². The predicted molar refractivity (Wildman–Crippen MR) is 112 cm³/mol. The van der Waals surface area contributed by atoms with Crippen molar-refractivity contribution in [2.24, 2.45) is 7.05 Å². The van der Waals surface area contributed by atoms with Crippen LogP contribution in [0.1, 0.15) is 12.6 Å². The number of hydrogen-bond acceptors (Lipinski definition) is 6. The Kier molecular flexibility index (Phi) is 4.47. The van der Waals surface area contributed by atoms with E-state index in [0.29, 0.717) is 24.5 Å². The SMILES string of the molecule is Cc1nnn(C)c1-c1cc(-c2c(F)ncc3[nH]ccc23)nc(N2CCOC[C@H]2C)c1. The number of nitrogens with zero attached hydrogens (tertiary/aromatic N) is 6. The lowest BCUT2D eigenvalue weighted by Crippen LogP contribution is -2.44. The standard InChI is InChI=1S/C21H22FN7O/c1-12-11-30-7-6-29(12)18-9-14(20-13(2)26-27-28(20)3)8-16(25-18)19-15-4-5-23-17(15)10-24-21(19)22/h4-5,8-10,12,23H,6-7,11H2,1-3H3/t12-/m1/s1. The van der Waals surface area contributed by atoms with Gasteiger partial charge in [0.25, 0.3) is 0 Å². The van der Waals surface area contributed by atoms with E-state index in [4.69, 9.17) is 9.72 Å². The van der Waals surface area contributed by atoms with Crippen LogP contribution in [-0.2, 0) is 11.8 Å². The average Bonchev–Trinajstić information content (AvgIpc) is 3.34. The van der Waals surface area contributed by atoms with Gasteiger partial charge in [0.2, 0.25) is 5.95 Å². The van der Waals surface area contributed by atoms with Crippen LogP contribution in [0.2, 0.25) is 0 Å². The smallest absolute Gasteiger partial charge is 0.223 e. The van der Waals surface area contributed by atoms with E-state index >= 15 is 0 Å². The summed E-state index contributed by atoms with van der Waals surface area (Å²) in [6, 6.07) is 5.90. The van der Waals surface area contributed by atoms with E-state index in [1.165, 1.54) is 6.20 Å². The van der Waals surface area contributed by atoms with Crippen LogP contribution in [0.3, 0.4) is 0 Å². The number of anilines is 1. The summed E-state index contributed by atoms with van der Waals surface area (Å²) in [7, 11) is 1.85. The summed E-state index contributed by atoms with van der Waals surface area (Å²) in [4.78, 5) is 14.1. The van der Waals surface area contributed by atoms with Crippen molar-refractivity contribution >= 4 is 16.7 Å². The van der Waals surface area contributed by atoms with Crippen LogP contribution < -0.4 is 4.90 Å². The number of fused-ring (bicyclic) bond motifs is 1. The number of aromatic amines is 1. The van der Waals surface area contributed by atoms with Gasteiger partial charge in [0.15, 0.2) is 0 Å². The number of H-pyrrole nitrogens is 1. The molecule has 1 aliphatic heterocycles. The summed E-state index contributed by atoms with van der Waals surface area (Å²) < 4.78 is 22.3. The van der Waals surface area contributed by atoms with Crippen LogP contribution in [0.4, 0.5) is 10.2 Å². The van der Waals surface area contributed by atoms with Crippen LogP contribution in [-0.4, -0.2) is 55.7 Å². The zero-order valence-corrected chi connectivity index (χ0v) is 17.1. The van der Waals surface area contributed by atoms with Crippen molar-refractivity contribution in [1.82, 2.24) is 29.9 Å². The fraction of sp³-hybridized carbons (Fsp3) is 0.333. The Morgan fingerprint density at radius 1 is 1.30 bits per heavy atom. The van der Waals surface area contributed by atoms with Crippen molar-refractivity contribution in [3.8, 4) is 22.5 Å². The Labute approximate surface area is 172 Å². The average molecular weight is 407 g/mol. The number of halogens is 1. The molecule has 0 unspecified atom stereocenters. The lowest BCUT2D eigenvalue weighted by atomic mass is 10.0. The largest absolute Gasteiger partial charge is 0.377 e. The van der Waals surface area contributed by atoms with E-state index in [1.54, 1.807) is 10.9 Å². The molecule has 154 valence electrons. The quantitative estimate of drug-likeness (QED) is 0.526. The summed E-state index contributed by atoms with van der Waals surface area (Å²) in [5.41, 5.74) is 4.22. The van der Waals surface area contributed by atoms with Gasteiger partial charge in [-0.3, -0.25) is 0 Å². The highest BCUT2D eigenvalue weighted by atomic mass is 19.1. The van der Waals surface area contributed by atoms with E-state index in [0.717, 1.165) is 40.2 Å². The topological polar surface area (TPSA) is 84.8 Å². The highest BCUT2D eigenvalue weighted by molar-refractivity contribution is 5.94. The first-order valence-corrected chi connectivity index (χ1v) is 9.88. The number of morpholine rings is 1. The van der Waals surface area contributed by atoms with Crippen molar-refractivity contribution in [2.75, 3.05) is 24.7 Å². The second-order valence-corrected chi connectivity index (χ2v) is 7.59. The second-order valence-electron chi connectivity index (χ2n) is 7.59. The molecule has 0 aromatic carbocycles. The molecule has 8 nitrogen and oxygen atoms in total. The molecule has 9 heteroatoms. The molecule has 0 aliphatic carbocycles. The van der Waals surface area contributed by atoms with Gasteiger partial charge < -0.3 is 14.6 Å². The lowest BCUT2D eigenvalue weighted by molar-refractivity contribution is 0.0985. The zero-order valence-electron chi connectivity index (χ0n) is 17.1. The number of nitrogens with one attached hydrogen (secondary N) is 1. The summed E-state index contributed by atoms with van der Waals surface area (Å²) in [5.74, 6) is 0.221. The Morgan fingerprint density at radius 2 is 2.17 bits per heavy atom. The van der Waals surface area contributed by atoms with Crippen LogP contribution in [0.15, 0.2) is 30.6 Å². The maximum Gasteiger partial charge on any atom is 0.223 e. The number of ether oxygens (including phenoxy) is 1. The Hall–Kier alpha value is -3.33. The van der Waals surface area contributed by atoms with Crippen LogP contribution in [0.25, 0.3) is 33.4 Å². The summed E-state index contributed by atoms with van der Waals surface area (Å²) in [6.07, 6.45) is 3.28. The first kappa shape index (κ1) is 18.7. The minimum atomic E-state index is -0.549. The minimum Gasteiger partial charge on any atom is -0.377 e. The van der Waals surface area contributed by atoms with Crippen molar-refractivity contribution < 1.29 is 9.13 Å². The number of aromatic nitrogens is 6. The molecule has 0 saturated carbocycles. The molecule has 0 radical (unpaired) electrons. The molecule has 30 heavy (non-hydrogen) atoms. The molecular weight excluding hydrogens is 385 g/mol. The Bertz CT molecular complexity index is 1210. The van der Waals surface area contributed by atoms with E-state index in [-0.39, 0.29) is 6.04 Å². The van der Waals surface area contributed by atoms with Gasteiger partial charge in [0.1, 0.15) is 5.82 Å². The van der Waals surface area contributed by atoms with Crippen molar-refractivity contribution in [2.45, 2.75) is 19.9 Å². The molecule has 5 heterocycles. The van der Waals surface area contributed by atoms with E-state index < -0.39 is 5.95 Å². The number of aryl methyl sites for hydroxylation is 2. The monoisotopic (exact) mass is 407 g/mol. The molecule has 0 spiro atoms. The molecule has 1 atom stereocenters. The molecule has 0 amide bonds. The van der Waals surface area contributed by atoms with E-state index in [9.17, 15) is 4.39 Å². The van der Waals surface area contributed by atoms with Gasteiger partial charge in [-0.15, -0.1) is 5.10 Å². The van der Waals surface area contributed by atoms with E-state index in [1.807, 2.05) is 32.2 Å². The first-order chi connectivity index (χ1) is 14.5. The van der Waals surface area contributed by atoms with Gasteiger partial charge in [-0.05, 0) is 32.0 Å². The van der Waals surface area contributed by atoms with Crippen LogP contribution in [0.5, 0.6) is 0 Å². The zero-order chi connectivity index (χ0) is 20.8. The third-order valence-corrected chi connectivity index (χ3v) is 5.56. The Morgan fingerprint density at radius 3 is 2.93 bits per heavy atom. The fourth-order valence-corrected chi connectivity index (χ4v) is 4.10.